The molecule has 1 aliphatic carbocycles. The molecular weight excluding hydrogens is 224 g/mol. The number of nitrogens with one attached hydrogen (secondary N) is 1. The van der Waals surface area contributed by atoms with Gasteiger partial charge in [0, 0.05) is 12.6 Å². The van der Waals surface area contributed by atoms with Gasteiger partial charge in [0.25, 0.3) is 0 Å². The lowest BCUT2D eigenvalue weighted by Gasteiger charge is -2.21. The molecule has 1 fully saturated rings. The van der Waals surface area contributed by atoms with Crippen LogP contribution in [0.2, 0.25) is 0 Å². The van der Waals surface area contributed by atoms with Gasteiger partial charge in [-0.05, 0) is 24.5 Å². The van der Waals surface area contributed by atoms with Crippen LogP contribution < -0.4 is 15.8 Å². The molecule has 0 bridgehead atoms. The van der Waals surface area contributed by atoms with Crippen LogP contribution in [0.15, 0.2) is 18.2 Å². The van der Waals surface area contributed by atoms with Gasteiger partial charge in [-0.1, -0.05) is 32.1 Å². The summed E-state index contributed by atoms with van der Waals surface area (Å²) in [6.45, 7) is 1.02. The molecule has 0 heterocycles. The second kappa shape index (κ2) is 6.53. The van der Waals surface area contributed by atoms with E-state index in [-0.39, 0.29) is 0 Å². The van der Waals surface area contributed by atoms with E-state index in [1.54, 1.807) is 7.11 Å². The standard InChI is InChI=1S/C15H24N2O/c1-18-13-7-8-15(14(16)11-13)17-10-9-12-5-3-2-4-6-12/h7-8,11-12,17H,2-6,9-10,16H2,1H3. The molecule has 1 aliphatic rings. The summed E-state index contributed by atoms with van der Waals surface area (Å²) in [5.74, 6) is 1.72. The van der Waals surface area contributed by atoms with Gasteiger partial charge in [-0.15, -0.1) is 0 Å². The van der Waals surface area contributed by atoms with Crippen LogP contribution in [0.1, 0.15) is 38.5 Å². The molecule has 1 aromatic carbocycles. The number of hydrogen-bond donors (Lipinski definition) is 2. The molecule has 100 valence electrons. The normalized spacial score (nSPS) is 16.5. The zero-order chi connectivity index (χ0) is 12.8. The summed E-state index contributed by atoms with van der Waals surface area (Å²) in [6.07, 6.45) is 8.31. The maximum atomic E-state index is 5.97. The van der Waals surface area contributed by atoms with E-state index in [9.17, 15) is 0 Å². The van der Waals surface area contributed by atoms with E-state index < -0.39 is 0 Å². The molecule has 3 nitrogen and oxygen atoms in total. The highest BCUT2D eigenvalue weighted by molar-refractivity contribution is 5.68. The number of anilines is 2. The fraction of sp³-hybridized carbons (Fsp3) is 0.600. The Hall–Kier alpha value is -1.38. The third-order valence-corrected chi connectivity index (χ3v) is 3.85. The molecule has 1 aromatic rings. The van der Waals surface area contributed by atoms with Crippen LogP contribution in [-0.2, 0) is 0 Å². The fourth-order valence-corrected chi connectivity index (χ4v) is 2.72. The molecule has 2 rings (SSSR count). The molecule has 0 atom stereocenters. The summed E-state index contributed by atoms with van der Waals surface area (Å²) < 4.78 is 5.14. The van der Waals surface area contributed by atoms with Gasteiger partial charge in [-0.25, -0.2) is 0 Å². The lowest BCUT2D eigenvalue weighted by molar-refractivity contribution is 0.345. The van der Waals surface area contributed by atoms with E-state index >= 15 is 0 Å². The van der Waals surface area contributed by atoms with Gasteiger partial charge in [0.1, 0.15) is 5.75 Å². The minimum Gasteiger partial charge on any atom is -0.497 e. The van der Waals surface area contributed by atoms with Gasteiger partial charge in [0.15, 0.2) is 0 Å². The average Bonchev–Trinajstić information content (AvgIpc) is 2.42. The summed E-state index contributed by atoms with van der Waals surface area (Å²) in [5, 5.41) is 3.43. The lowest BCUT2D eigenvalue weighted by atomic mass is 9.87. The first-order chi connectivity index (χ1) is 8.79. The lowest BCUT2D eigenvalue weighted by Crippen LogP contribution is -2.12. The van der Waals surface area contributed by atoms with Crippen molar-refractivity contribution in [2.75, 3.05) is 24.7 Å². The van der Waals surface area contributed by atoms with Crippen LogP contribution in [-0.4, -0.2) is 13.7 Å². The van der Waals surface area contributed by atoms with Crippen LogP contribution in [0.4, 0.5) is 11.4 Å². The Kier molecular flexibility index (Phi) is 4.73. The monoisotopic (exact) mass is 248 g/mol. The molecule has 0 spiro atoms. The maximum Gasteiger partial charge on any atom is 0.121 e. The minimum absolute atomic E-state index is 0.762. The van der Waals surface area contributed by atoms with Gasteiger partial charge in [-0.2, -0.15) is 0 Å². The Morgan fingerprint density at radius 2 is 2.06 bits per heavy atom. The Morgan fingerprint density at radius 3 is 2.72 bits per heavy atom. The first kappa shape index (κ1) is 13.1. The molecule has 1 saturated carbocycles. The summed E-state index contributed by atoms with van der Waals surface area (Å²) in [7, 11) is 1.66. The number of rotatable bonds is 5. The molecule has 0 radical (unpaired) electrons. The molecular formula is C15H24N2O. The highest BCUT2D eigenvalue weighted by atomic mass is 16.5. The maximum absolute atomic E-state index is 5.97. The van der Waals surface area contributed by atoms with E-state index in [1.807, 2.05) is 18.2 Å². The Labute approximate surface area is 110 Å². The Balaban J connectivity index is 1.79. The smallest absolute Gasteiger partial charge is 0.121 e. The van der Waals surface area contributed by atoms with Crippen LogP contribution in [0, 0.1) is 5.92 Å². The topological polar surface area (TPSA) is 47.3 Å². The van der Waals surface area contributed by atoms with Crippen molar-refractivity contribution in [3.8, 4) is 5.75 Å². The molecule has 0 aromatic heterocycles. The van der Waals surface area contributed by atoms with Crippen molar-refractivity contribution in [3.05, 3.63) is 18.2 Å². The van der Waals surface area contributed by atoms with E-state index in [0.29, 0.717) is 0 Å². The number of hydrogen-bond acceptors (Lipinski definition) is 3. The fourth-order valence-electron chi connectivity index (χ4n) is 2.72. The predicted molar refractivity (Wildman–Crippen MR) is 77.1 cm³/mol. The summed E-state index contributed by atoms with van der Waals surface area (Å²) >= 11 is 0. The van der Waals surface area contributed by atoms with Gasteiger partial charge in [0.05, 0.1) is 18.5 Å². The van der Waals surface area contributed by atoms with E-state index in [4.69, 9.17) is 10.5 Å². The number of nitrogen functional groups attached to an aromatic ring is 1. The zero-order valence-electron chi connectivity index (χ0n) is 11.2. The first-order valence-electron chi connectivity index (χ1n) is 6.97. The second-order valence-electron chi connectivity index (χ2n) is 5.17. The number of nitrogens with two attached hydrogens (primary N) is 1. The van der Waals surface area contributed by atoms with Crippen LogP contribution >= 0.6 is 0 Å². The highest BCUT2D eigenvalue weighted by Crippen LogP contribution is 2.27. The number of ether oxygens (including phenoxy) is 1. The summed E-state index contributed by atoms with van der Waals surface area (Å²) in [5.41, 5.74) is 7.76. The van der Waals surface area contributed by atoms with E-state index in [1.165, 1.54) is 38.5 Å². The van der Waals surface area contributed by atoms with Crippen molar-refractivity contribution < 1.29 is 4.74 Å². The van der Waals surface area contributed by atoms with Crippen molar-refractivity contribution in [3.63, 3.8) is 0 Å². The molecule has 0 unspecified atom stereocenters. The highest BCUT2D eigenvalue weighted by Gasteiger charge is 2.12. The van der Waals surface area contributed by atoms with Gasteiger partial charge >= 0.3 is 0 Å². The minimum atomic E-state index is 0.762. The average molecular weight is 248 g/mol. The molecule has 18 heavy (non-hydrogen) atoms. The summed E-state index contributed by atoms with van der Waals surface area (Å²) in [6, 6.07) is 5.80. The molecule has 0 saturated heterocycles. The van der Waals surface area contributed by atoms with E-state index in [2.05, 4.69) is 5.32 Å². The van der Waals surface area contributed by atoms with Crippen molar-refractivity contribution in [2.45, 2.75) is 38.5 Å². The molecule has 3 heteroatoms. The number of benzene rings is 1. The van der Waals surface area contributed by atoms with E-state index in [0.717, 1.165) is 29.6 Å². The van der Waals surface area contributed by atoms with Gasteiger partial charge in [0.2, 0.25) is 0 Å². The van der Waals surface area contributed by atoms with Crippen LogP contribution in [0.3, 0.4) is 0 Å². The van der Waals surface area contributed by atoms with Crippen LogP contribution in [0.25, 0.3) is 0 Å². The van der Waals surface area contributed by atoms with Gasteiger partial charge < -0.3 is 15.8 Å². The van der Waals surface area contributed by atoms with Crippen LogP contribution in [0.5, 0.6) is 5.75 Å². The van der Waals surface area contributed by atoms with Crippen molar-refractivity contribution >= 4 is 11.4 Å². The largest absolute Gasteiger partial charge is 0.497 e. The molecule has 0 amide bonds. The van der Waals surface area contributed by atoms with Gasteiger partial charge in [-0.3, -0.25) is 0 Å². The van der Waals surface area contributed by atoms with Crippen molar-refractivity contribution in [2.24, 2.45) is 5.92 Å². The third kappa shape index (κ3) is 3.56. The first-order valence-corrected chi connectivity index (χ1v) is 6.97. The zero-order valence-corrected chi connectivity index (χ0v) is 11.2. The Bertz CT molecular complexity index is 373. The van der Waals surface area contributed by atoms with Crippen molar-refractivity contribution in [1.82, 2.24) is 0 Å². The molecule has 0 aliphatic heterocycles. The summed E-state index contributed by atoms with van der Waals surface area (Å²) in [4.78, 5) is 0. The Morgan fingerprint density at radius 1 is 1.28 bits per heavy atom. The number of methoxy groups -OCH3 is 1. The predicted octanol–water partition coefficient (Wildman–Crippen LogP) is 3.66. The third-order valence-electron chi connectivity index (χ3n) is 3.85. The quantitative estimate of drug-likeness (QED) is 0.782. The SMILES string of the molecule is COc1ccc(NCCC2CCCCC2)c(N)c1. The van der Waals surface area contributed by atoms with Crippen molar-refractivity contribution in [1.29, 1.82) is 0 Å². The molecule has 3 N–H and O–H groups in total. The second-order valence-corrected chi connectivity index (χ2v) is 5.17.